The summed E-state index contributed by atoms with van der Waals surface area (Å²) in [6.45, 7) is 1.39. The van der Waals surface area contributed by atoms with Crippen LogP contribution >= 0.6 is 0 Å². The number of aromatic nitrogens is 2. The lowest BCUT2D eigenvalue weighted by Crippen LogP contribution is -2.56. The highest BCUT2D eigenvalue weighted by Gasteiger charge is 2.33. The largest absolute Gasteiger partial charge is 0.487 e. The first-order chi connectivity index (χ1) is 12.7. The molecule has 8 heteroatoms. The van der Waals surface area contributed by atoms with Crippen molar-refractivity contribution in [1.29, 1.82) is 0 Å². The number of likely N-dealkylation sites (tertiary alicyclic amines) is 1. The van der Waals surface area contributed by atoms with Gasteiger partial charge in [0, 0.05) is 12.7 Å². The second kappa shape index (κ2) is 7.01. The predicted octanol–water partition coefficient (Wildman–Crippen LogP) is 2.38. The Morgan fingerprint density at radius 3 is 2.77 bits per heavy atom. The molecule has 0 N–H and O–H groups in total. The smallest absolute Gasteiger partial charge is 0.257 e. The topological polar surface area (TPSA) is 90.8 Å². The van der Waals surface area contributed by atoms with Gasteiger partial charge in [-0.3, -0.25) is 4.79 Å². The van der Waals surface area contributed by atoms with Gasteiger partial charge in [0.15, 0.2) is 0 Å². The second-order valence-electron chi connectivity index (χ2n) is 5.93. The number of amides is 1. The molecule has 0 atom stereocenters. The van der Waals surface area contributed by atoms with Crippen LogP contribution in [0.2, 0.25) is 0 Å². The molecule has 1 fully saturated rings. The molecule has 0 aliphatic carbocycles. The molecule has 2 aromatic heterocycles. The SMILES string of the molecule is COCc1nc(-c2ccc(OC3CN(C(=O)c4ccoc4)C3)cc2)no1. The van der Waals surface area contributed by atoms with Gasteiger partial charge in [0.25, 0.3) is 11.8 Å². The highest BCUT2D eigenvalue weighted by molar-refractivity contribution is 5.94. The van der Waals surface area contributed by atoms with Gasteiger partial charge in [-0.25, -0.2) is 0 Å². The Labute approximate surface area is 149 Å². The normalized spacial score (nSPS) is 14.3. The Morgan fingerprint density at radius 2 is 2.08 bits per heavy atom. The van der Waals surface area contributed by atoms with Gasteiger partial charge < -0.3 is 23.3 Å². The van der Waals surface area contributed by atoms with Crippen LogP contribution < -0.4 is 4.74 Å². The summed E-state index contributed by atoms with van der Waals surface area (Å²) >= 11 is 0. The molecule has 0 spiro atoms. The first-order valence-electron chi connectivity index (χ1n) is 8.13. The van der Waals surface area contributed by atoms with Crippen LogP contribution in [-0.2, 0) is 11.3 Å². The molecular formula is C18H17N3O5. The molecule has 0 unspecified atom stereocenters. The number of carbonyl (C=O) groups is 1. The van der Waals surface area contributed by atoms with Crippen LogP contribution in [0.5, 0.6) is 5.75 Å². The Hall–Kier alpha value is -3.13. The van der Waals surface area contributed by atoms with Gasteiger partial charge in [-0.1, -0.05) is 5.16 Å². The quantitative estimate of drug-likeness (QED) is 0.670. The molecule has 0 radical (unpaired) electrons. The Kier molecular flexibility index (Phi) is 4.40. The summed E-state index contributed by atoms with van der Waals surface area (Å²) in [5, 5.41) is 3.92. The number of rotatable bonds is 6. The fraction of sp³-hybridized carbons (Fsp3) is 0.278. The zero-order valence-electron chi connectivity index (χ0n) is 14.1. The molecule has 26 heavy (non-hydrogen) atoms. The number of hydrogen-bond acceptors (Lipinski definition) is 7. The van der Waals surface area contributed by atoms with E-state index < -0.39 is 0 Å². The zero-order chi connectivity index (χ0) is 17.9. The van der Waals surface area contributed by atoms with Crippen LogP contribution in [0, 0.1) is 0 Å². The molecule has 8 nitrogen and oxygen atoms in total. The highest BCUT2D eigenvalue weighted by Crippen LogP contribution is 2.23. The van der Waals surface area contributed by atoms with Crippen LogP contribution in [0.3, 0.4) is 0 Å². The maximum atomic E-state index is 12.1. The van der Waals surface area contributed by atoms with Crippen molar-refractivity contribution in [1.82, 2.24) is 15.0 Å². The van der Waals surface area contributed by atoms with E-state index >= 15 is 0 Å². The van der Waals surface area contributed by atoms with Crippen LogP contribution in [0.25, 0.3) is 11.4 Å². The van der Waals surface area contributed by atoms with E-state index in [1.807, 2.05) is 24.3 Å². The molecule has 3 heterocycles. The van der Waals surface area contributed by atoms with Gasteiger partial charge >= 0.3 is 0 Å². The fourth-order valence-corrected chi connectivity index (χ4v) is 2.68. The van der Waals surface area contributed by atoms with Crippen LogP contribution in [0.1, 0.15) is 16.2 Å². The maximum absolute atomic E-state index is 12.1. The number of nitrogens with zero attached hydrogens (tertiary/aromatic N) is 3. The first-order valence-corrected chi connectivity index (χ1v) is 8.13. The number of carbonyl (C=O) groups excluding carboxylic acids is 1. The van der Waals surface area contributed by atoms with Crippen molar-refractivity contribution >= 4 is 5.91 Å². The van der Waals surface area contributed by atoms with E-state index in [4.69, 9.17) is 18.4 Å². The Bertz CT molecular complexity index is 867. The van der Waals surface area contributed by atoms with Crippen LogP contribution in [-0.4, -0.2) is 47.3 Å². The minimum atomic E-state index is -0.0436. The summed E-state index contributed by atoms with van der Waals surface area (Å²) in [5.41, 5.74) is 1.38. The van der Waals surface area contributed by atoms with Crippen molar-refractivity contribution in [2.75, 3.05) is 20.2 Å². The van der Waals surface area contributed by atoms with Gasteiger partial charge in [-0.15, -0.1) is 0 Å². The molecule has 1 amide bonds. The predicted molar refractivity (Wildman–Crippen MR) is 89.5 cm³/mol. The van der Waals surface area contributed by atoms with Crippen molar-refractivity contribution < 1.29 is 23.2 Å². The van der Waals surface area contributed by atoms with Crippen molar-refractivity contribution in [3.63, 3.8) is 0 Å². The third kappa shape index (κ3) is 3.31. The lowest BCUT2D eigenvalue weighted by Gasteiger charge is -2.38. The van der Waals surface area contributed by atoms with Crippen LogP contribution in [0.15, 0.2) is 51.8 Å². The van der Waals surface area contributed by atoms with E-state index in [1.165, 1.54) is 12.5 Å². The molecule has 0 bridgehead atoms. The molecule has 3 aromatic rings. The summed E-state index contributed by atoms with van der Waals surface area (Å²) in [6.07, 6.45) is 2.92. The molecule has 1 saturated heterocycles. The number of methoxy groups -OCH3 is 1. The van der Waals surface area contributed by atoms with Crippen molar-refractivity contribution in [3.8, 4) is 17.1 Å². The summed E-state index contributed by atoms with van der Waals surface area (Å²) in [5.74, 6) is 1.62. The van der Waals surface area contributed by atoms with Crippen molar-refractivity contribution in [3.05, 3.63) is 54.3 Å². The summed E-state index contributed by atoms with van der Waals surface area (Å²) < 4.78 is 20.9. The van der Waals surface area contributed by atoms with Crippen molar-refractivity contribution in [2.24, 2.45) is 0 Å². The van der Waals surface area contributed by atoms with Gasteiger partial charge in [-0.2, -0.15) is 4.98 Å². The van der Waals surface area contributed by atoms with E-state index in [0.29, 0.717) is 30.4 Å². The van der Waals surface area contributed by atoms with E-state index in [2.05, 4.69) is 10.1 Å². The Balaban J connectivity index is 1.32. The van der Waals surface area contributed by atoms with E-state index in [-0.39, 0.29) is 18.6 Å². The zero-order valence-corrected chi connectivity index (χ0v) is 14.1. The Morgan fingerprint density at radius 1 is 1.27 bits per heavy atom. The molecule has 134 valence electrons. The minimum Gasteiger partial charge on any atom is -0.487 e. The molecule has 1 aliphatic rings. The average molecular weight is 355 g/mol. The monoisotopic (exact) mass is 355 g/mol. The lowest BCUT2D eigenvalue weighted by molar-refractivity contribution is 0.0177. The summed E-state index contributed by atoms with van der Waals surface area (Å²) in [4.78, 5) is 18.1. The van der Waals surface area contributed by atoms with E-state index in [0.717, 1.165) is 11.3 Å². The van der Waals surface area contributed by atoms with E-state index in [9.17, 15) is 4.79 Å². The van der Waals surface area contributed by atoms with Gasteiger partial charge in [0.05, 0.1) is 24.9 Å². The summed E-state index contributed by atoms with van der Waals surface area (Å²) in [6, 6.07) is 9.09. The van der Waals surface area contributed by atoms with E-state index in [1.54, 1.807) is 18.1 Å². The van der Waals surface area contributed by atoms with Crippen LogP contribution in [0.4, 0.5) is 0 Å². The molecule has 1 aromatic carbocycles. The maximum Gasteiger partial charge on any atom is 0.257 e. The molecular weight excluding hydrogens is 338 g/mol. The third-order valence-corrected chi connectivity index (χ3v) is 4.05. The minimum absolute atomic E-state index is 0.0184. The molecule has 0 saturated carbocycles. The summed E-state index contributed by atoms with van der Waals surface area (Å²) in [7, 11) is 1.57. The highest BCUT2D eigenvalue weighted by atomic mass is 16.5. The fourth-order valence-electron chi connectivity index (χ4n) is 2.68. The third-order valence-electron chi connectivity index (χ3n) is 4.05. The number of hydrogen-bond donors (Lipinski definition) is 0. The average Bonchev–Trinajstić information content (AvgIpc) is 3.30. The second-order valence-corrected chi connectivity index (χ2v) is 5.93. The van der Waals surface area contributed by atoms with Crippen molar-refractivity contribution in [2.45, 2.75) is 12.7 Å². The lowest BCUT2D eigenvalue weighted by atomic mass is 10.1. The molecule has 1 aliphatic heterocycles. The number of benzene rings is 1. The van der Waals surface area contributed by atoms with Gasteiger partial charge in [-0.05, 0) is 30.3 Å². The van der Waals surface area contributed by atoms with Gasteiger partial charge in [0.2, 0.25) is 5.82 Å². The number of ether oxygens (including phenoxy) is 2. The molecule has 4 rings (SSSR count). The van der Waals surface area contributed by atoms with Gasteiger partial charge in [0.1, 0.15) is 24.7 Å². The first kappa shape index (κ1) is 16.3. The number of furan rings is 1. The standard InChI is InChI=1S/C18H17N3O5/c1-23-11-16-19-17(20-26-16)12-2-4-14(5-3-12)25-15-8-21(9-15)18(22)13-6-7-24-10-13/h2-7,10,15H,8-9,11H2,1H3.